The van der Waals surface area contributed by atoms with E-state index in [1.165, 1.54) is 0 Å². The van der Waals surface area contributed by atoms with E-state index in [0.717, 1.165) is 172 Å². The molecule has 0 fully saturated rings. The van der Waals surface area contributed by atoms with Crippen LogP contribution in [0, 0.1) is 25.2 Å². The lowest BCUT2D eigenvalue weighted by atomic mass is 9.91. The monoisotopic (exact) mass is 1170 g/mol. The van der Waals surface area contributed by atoms with E-state index in [2.05, 4.69) is 298 Å². The van der Waals surface area contributed by atoms with E-state index in [1.54, 1.807) is 0 Å². The minimum absolute atomic E-state index is 0.456. The molecule has 11 aromatic carbocycles. The first-order valence-electron chi connectivity index (χ1n) is 31.1. The summed E-state index contributed by atoms with van der Waals surface area (Å²) in [5, 5.41) is 21.4. The Kier molecular flexibility index (Phi) is 11.9. The van der Waals surface area contributed by atoms with Crippen LogP contribution in [0.2, 0.25) is 0 Å². The molecule has 0 atom stereocenters. The smallest absolute Gasteiger partial charge is 0.145 e. The first-order chi connectivity index (χ1) is 45.5. The van der Waals surface area contributed by atoms with Gasteiger partial charge in [-0.25, -0.2) is 9.97 Å². The van der Waals surface area contributed by atoms with Crippen molar-refractivity contribution in [3.05, 3.63) is 308 Å². The van der Waals surface area contributed by atoms with Crippen LogP contribution in [0.3, 0.4) is 0 Å². The van der Waals surface area contributed by atoms with Gasteiger partial charge in [0.15, 0.2) is 0 Å². The molecule has 18 rings (SSSR count). The molecule has 8 nitrogen and oxygen atoms in total. The van der Waals surface area contributed by atoms with Crippen molar-refractivity contribution in [2.75, 3.05) is 0 Å². The molecule has 7 heterocycles. The Balaban J connectivity index is 1.14. The molecule has 0 aliphatic carbocycles. The standard InChI is InChI=1S/C84H54N8/c1-52-35-40-62(53(2)88-52)78-71(51-85)79(89-74-41-36-58(54-21-7-3-8-22-54)47-67(74)68-48-59(37-42-75(68)89)55-23-9-4-10-24-55)81(91-72-33-17-15-29-63(72)65-31-19-45-86-83(65)91)82(92-73-34-18-16-30-64(73)66-32-20-46-87-84(66)92)80(78)90-76-43-38-60(56-25-11-5-12-26-56)49-69(76)70-50-61(39-44-77(70)90)57-27-13-6-14-28-57/h3-50H,1-2H3. The van der Waals surface area contributed by atoms with Crippen molar-refractivity contribution in [1.29, 1.82) is 5.26 Å². The lowest BCUT2D eigenvalue weighted by Crippen LogP contribution is -2.17. The fourth-order valence-corrected chi connectivity index (χ4v) is 14.7. The molecule has 8 heteroatoms. The van der Waals surface area contributed by atoms with E-state index in [9.17, 15) is 5.26 Å². The van der Waals surface area contributed by atoms with Gasteiger partial charge in [0.05, 0.1) is 61.4 Å². The van der Waals surface area contributed by atoms with Crippen LogP contribution in [0.1, 0.15) is 17.0 Å². The number of aryl methyl sites for hydroxylation is 2. The highest BCUT2D eigenvalue weighted by Gasteiger charge is 2.36. The van der Waals surface area contributed by atoms with E-state index in [0.29, 0.717) is 11.3 Å². The van der Waals surface area contributed by atoms with Crippen LogP contribution in [0.5, 0.6) is 0 Å². The van der Waals surface area contributed by atoms with Gasteiger partial charge in [0.25, 0.3) is 0 Å². The topological polar surface area (TPSA) is 82.2 Å². The molecular weight excluding hydrogens is 1120 g/mol. The summed E-state index contributed by atoms with van der Waals surface area (Å²) in [6.07, 6.45) is 3.79. The van der Waals surface area contributed by atoms with E-state index < -0.39 is 0 Å². The number of aromatic nitrogens is 7. The Labute approximate surface area is 529 Å². The second-order valence-corrected chi connectivity index (χ2v) is 23.9. The second kappa shape index (κ2) is 20.8. The highest BCUT2D eigenvalue weighted by molar-refractivity contribution is 6.18. The molecule has 18 aromatic rings. The van der Waals surface area contributed by atoms with Gasteiger partial charge in [-0.2, -0.15) is 5.26 Å². The van der Waals surface area contributed by atoms with Crippen LogP contribution in [-0.2, 0) is 0 Å². The molecule has 0 bridgehead atoms. The van der Waals surface area contributed by atoms with Gasteiger partial charge in [0.2, 0.25) is 0 Å². The number of fused-ring (bicyclic) bond motifs is 12. The highest BCUT2D eigenvalue weighted by Crippen LogP contribution is 2.53. The van der Waals surface area contributed by atoms with Crippen molar-refractivity contribution in [3.63, 3.8) is 0 Å². The fourth-order valence-electron chi connectivity index (χ4n) is 14.7. The molecule has 0 saturated carbocycles. The van der Waals surface area contributed by atoms with Gasteiger partial charge in [-0.15, -0.1) is 0 Å². The van der Waals surface area contributed by atoms with Crippen LogP contribution >= 0.6 is 0 Å². The average Bonchev–Trinajstić information content (AvgIpc) is 1.44. The zero-order valence-electron chi connectivity index (χ0n) is 50.3. The first kappa shape index (κ1) is 52.7. The summed E-state index contributed by atoms with van der Waals surface area (Å²) in [6.45, 7) is 4.12. The summed E-state index contributed by atoms with van der Waals surface area (Å²) in [7, 11) is 0. The molecule has 92 heavy (non-hydrogen) atoms. The lowest BCUT2D eigenvalue weighted by Gasteiger charge is -2.29. The Morgan fingerprint density at radius 2 is 0.641 bits per heavy atom. The molecule has 7 aromatic heterocycles. The maximum absolute atomic E-state index is 13.2. The number of nitriles is 1. The van der Waals surface area contributed by atoms with Crippen LogP contribution < -0.4 is 0 Å². The van der Waals surface area contributed by atoms with Crippen molar-refractivity contribution in [2.24, 2.45) is 0 Å². The number of rotatable bonds is 9. The quantitative estimate of drug-likeness (QED) is 0.144. The normalized spacial score (nSPS) is 11.8. The molecule has 0 aliphatic rings. The third kappa shape index (κ3) is 7.99. The van der Waals surface area contributed by atoms with E-state index in [-0.39, 0.29) is 0 Å². The number of pyridine rings is 3. The Morgan fingerprint density at radius 1 is 0.293 bits per heavy atom. The predicted octanol–water partition coefficient (Wildman–Crippen LogP) is 21.1. The van der Waals surface area contributed by atoms with Crippen LogP contribution in [-0.4, -0.2) is 33.2 Å². The van der Waals surface area contributed by atoms with Gasteiger partial charge >= 0.3 is 0 Å². The van der Waals surface area contributed by atoms with E-state index in [1.807, 2.05) is 31.5 Å². The third-order valence-electron chi connectivity index (χ3n) is 18.7. The molecule has 0 radical (unpaired) electrons. The molecule has 0 saturated heterocycles. The van der Waals surface area contributed by atoms with Crippen molar-refractivity contribution >= 4 is 87.5 Å². The third-order valence-corrected chi connectivity index (χ3v) is 18.7. The zero-order valence-corrected chi connectivity index (χ0v) is 50.3. The van der Waals surface area contributed by atoms with Crippen LogP contribution in [0.15, 0.2) is 291 Å². The fraction of sp³-hybridized carbons (Fsp3) is 0.0238. The van der Waals surface area contributed by atoms with Crippen LogP contribution in [0.4, 0.5) is 0 Å². The average molecular weight is 1180 g/mol. The zero-order chi connectivity index (χ0) is 61.1. The summed E-state index contributed by atoms with van der Waals surface area (Å²) >= 11 is 0. The number of benzene rings is 11. The van der Waals surface area contributed by atoms with Crippen LogP contribution in [0.25, 0.3) is 166 Å². The first-order valence-corrected chi connectivity index (χ1v) is 31.1. The molecular formula is C84H54N8. The Hall–Kier alpha value is -12.4. The number of para-hydroxylation sites is 2. The van der Waals surface area contributed by atoms with Crippen molar-refractivity contribution < 1.29 is 0 Å². The van der Waals surface area contributed by atoms with Crippen molar-refractivity contribution in [2.45, 2.75) is 13.8 Å². The van der Waals surface area contributed by atoms with E-state index >= 15 is 0 Å². The molecule has 430 valence electrons. The summed E-state index contributed by atoms with van der Waals surface area (Å²) < 4.78 is 9.55. The highest BCUT2D eigenvalue weighted by atomic mass is 15.2. The van der Waals surface area contributed by atoms with Gasteiger partial charge < -0.3 is 9.13 Å². The molecule has 0 spiro atoms. The minimum atomic E-state index is 0.456. The largest absolute Gasteiger partial charge is 0.306 e. The summed E-state index contributed by atoms with van der Waals surface area (Å²) in [5.74, 6) is 0. The maximum Gasteiger partial charge on any atom is 0.145 e. The summed E-state index contributed by atoms with van der Waals surface area (Å²) in [4.78, 5) is 16.2. The number of hydrogen-bond acceptors (Lipinski definition) is 4. The predicted molar refractivity (Wildman–Crippen MR) is 379 cm³/mol. The lowest BCUT2D eigenvalue weighted by molar-refractivity contribution is 1.00. The van der Waals surface area contributed by atoms with Crippen molar-refractivity contribution in [1.82, 2.24) is 33.2 Å². The molecule has 0 N–H and O–H groups in total. The van der Waals surface area contributed by atoms with Gasteiger partial charge in [-0.3, -0.25) is 14.1 Å². The summed E-state index contributed by atoms with van der Waals surface area (Å²) in [6, 6.07) is 103. The van der Waals surface area contributed by atoms with Gasteiger partial charge in [0, 0.05) is 78.0 Å². The summed E-state index contributed by atoms with van der Waals surface area (Å²) in [5.41, 5.74) is 22.6. The van der Waals surface area contributed by atoms with E-state index in [4.69, 9.17) is 15.0 Å². The Bertz CT molecular complexity index is 5780. The SMILES string of the molecule is Cc1ccc(-c2c(C#N)c(-n3c4ccc(-c5ccccc5)cc4c4cc(-c5ccccc5)ccc43)c(-n3c4ccccc4c4cccnc43)c(-n3c4ccccc4c4cccnc43)c2-n2c3ccc(-c4ccccc4)cc3c3cc(-c4ccccc4)ccc32)c(C)n1. The van der Waals surface area contributed by atoms with Crippen molar-refractivity contribution in [3.8, 4) is 84.5 Å². The number of nitrogens with zero attached hydrogens (tertiary/aromatic N) is 8. The van der Waals surface area contributed by atoms with Gasteiger partial charge in [-0.1, -0.05) is 188 Å². The molecule has 0 unspecified atom stereocenters. The molecule has 0 aliphatic heterocycles. The number of hydrogen-bond donors (Lipinski definition) is 0. The van der Waals surface area contributed by atoms with Gasteiger partial charge in [0.1, 0.15) is 17.4 Å². The second-order valence-electron chi connectivity index (χ2n) is 23.9. The Morgan fingerprint density at radius 3 is 1.03 bits per heavy atom. The minimum Gasteiger partial charge on any atom is -0.306 e. The molecule has 0 amide bonds. The van der Waals surface area contributed by atoms with Gasteiger partial charge in [-0.05, 0) is 149 Å². The maximum atomic E-state index is 13.2.